The van der Waals surface area contributed by atoms with E-state index < -0.39 is 0 Å². The molecule has 1 heterocycles. The van der Waals surface area contributed by atoms with Crippen LogP contribution in [0.15, 0.2) is 16.6 Å². The quantitative estimate of drug-likeness (QED) is 0.237. The number of halogens is 1. The highest BCUT2D eigenvalue weighted by atomic mass is 127. The molecule has 25 heavy (non-hydrogen) atoms. The summed E-state index contributed by atoms with van der Waals surface area (Å²) in [7, 11) is 1.79. The smallest absolute Gasteiger partial charge is 0.191 e. The van der Waals surface area contributed by atoms with Crippen molar-refractivity contribution < 1.29 is 9.47 Å². The van der Waals surface area contributed by atoms with Gasteiger partial charge in [0.1, 0.15) is 0 Å². The molecule has 1 saturated carbocycles. The maximum atomic E-state index is 5.36. The minimum atomic E-state index is 0. The lowest BCUT2D eigenvalue weighted by Gasteiger charge is -2.27. The standard InChI is InChI=1S/C19H35N3O2.HI/c1-3-20-18(21-12-6-17-7-13-24-14-8-17)22-16-19(11-15-23-2)9-4-5-10-19;/h7H,3-6,8-16H2,1-2H3,(H2,20,21,22);1H. The molecule has 0 amide bonds. The van der Waals surface area contributed by atoms with Crippen LogP contribution in [0.3, 0.4) is 0 Å². The summed E-state index contributed by atoms with van der Waals surface area (Å²) in [5.74, 6) is 0.953. The van der Waals surface area contributed by atoms with Crippen molar-refractivity contribution in [3.8, 4) is 0 Å². The first kappa shape index (κ1) is 22.7. The zero-order valence-corrected chi connectivity index (χ0v) is 18.3. The van der Waals surface area contributed by atoms with Gasteiger partial charge in [0.2, 0.25) is 0 Å². The predicted molar refractivity (Wildman–Crippen MR) is 115 cm³/mol. The van der Waals surface area contributed by atoms with Crippen LogP contribution in [0, 0.1) is 5.41 Å². The zero-order valence-electron chi connectivity index (χ0n) is 15.9. The van der Waals surface area contributed by atoms with E-state index >= 15 is 0 Å². The largest absolute Gasteiger partial charge is 0.385 e. The van der Waals surface area contributed by atoms with Gasteiger partial charge in [0.05, 0.1) is 13.2 Å². The fourth-order valence-corrected chi connectivity index (χ4v) is 3.65. The number of rotatable bonds is 9. The molecule has 2 N–H and O–H groups in total. The summed E-state index contributed by atoms with van der Waals surface area (Å²) in [5, 5.41) is 6.87. The maximum Gasteiger partial charge on any atom is 0.191 e. The molecule has 2 rings (SSSR count). The lowest BCUT2D eigenvalue weighted by Crippen LogP contribution is -2.39. The number of aliphatic imine (C=N–C) groups is 1. The molecule has 0 aromatic rings. The van der Waals surface area contributed by atoms with E-state index in [1.54, 1.807) is 7.11 Å². The molecule has 0 unspecified atom stereocenters. The van der Waals surface area contributed by atoms with Crippen molar-refractivity contribution in [1.82, 2.24) is 10.6 Å². The molecule has 5 nitrogen and oxygen atoms in total. The lowest BCUT2D eigenvalue weighted by molar-refractivity contribution is 0.141. The highest BCUT2D eigenvalue weighted by Gasteiger charge is 2.33. The summed E-state index contributed by atoms with van der Waals surface area (Å²) in [6.45, 7) is 7.33. The molecule has 0 aromatic carbocycles. The van der Waals surface area contributed by atoms with E-state index in [1.807, 2.05) is 0 Å². The molecule has 2 aliphatic rings. The van der Waals surface area contributed by atoms with E-state index in [2.05, 4.69) is 23.6 Å². The van der Waals surface area contributed by atoms with Crippen molar-refractivity contribution in [3.05, 3.63) is 11.6 Å². The second-order valence-corrected chi connectivity index (χ2v) is 7.01. The molecule has 0 spiro atoms. The Labute approximate surface area is 170 Å². The van der Waals surface area contributed by atoms with Crippen LogP contribution in [-0.2, 0) is 9.47 Å². The molecular formula is C19H36IN3O2. The van der Waals surface area contributed by atoms with E-state index in [0.717, 1.165) is 64.7 Å². The monoisotopic (exact) mass is 465 g/mol. The fraction of sp³-hybridized carbons (Fsp3) is 0.842. The Bertz CT molecular complexity index is 421. The highest BCUT2D eigenvalue weighted by molar-refractivity contribution is 14.0. The predicted octanol–water partition coefficient (Wildman–Crippen LogP) is 3.49. The average molecular weight is 465 g/mol. The van der Waals surface area contributed by atoms with Gasteiger partial charge in [0.15, 0.2) is 5.96 Å². The Morgan fingerprint density at radius 3 is 2.76 bits per heavy atom. The molecule has 146 valence electrons. The summed E-state index contributed by atoms with van der Waals surface area (Å²) >= 11 is 0. The first-order valence-electron chi connectivity index (χ1n) is 9.55. The van der Waals surface area contributed by atoms with Crippen LogP contribution in [0.4, 0.5) is 0 Å². The molecular weight excluding hydrogens is 429 g/mol. The second-order valence-electron chi connectivity index (χ2n) is 7.01. The van der Waals surface area contributed by atoms with Crippen LogP contribution in [0.5, 0.6) is 0 Å². The number of nitrogens with one attached hydrogen (secondary N) is 2. The van der Waals surface area contributed by atoms with Crippen molar-refractivity contribution in [2.45, 2.75) is 51.9 Å². The van der Waals surface area contributed by atoms with Crippen LogP contribution in [-0.4, -0.2) is 52.5 Å². The third-order valence-corrected chi connectivity index (χ3v) is 5.21. The zero-order chi connectivity index (χ0) is 17.1. The molecule has 1 aliphatic heterocycles. The van der Waals surface area contributed by atoms with E-state index in [4.69, 9.17) is 14.5 Å². The van der Waals surface area contributed by atoms with Crippen molar-refractivity contribution >= 4 is 29.9 Å². The van der Waals surface area contributed by atoms with Gasteiger partial charge in [-0.15, -0.1) is 24.0 Å². The van der Waals surface area contributed by atoms with Crippen LogP contribution >= 0.6 is 24.0 Å². The SMILES string of the molecule is CCNC(=NCC1(CCOC)CCCC1)NCCC1=CCOCC1.I. The van der Waals surface area contributed by atoms with E-state index in [-0.39, 0.29) is 24.0 Å². The van der Waals surface area contributed by atoms with Crippen LogP contribution in [0.2, 0.25) is 0 Å². The summed E-state index contributed by atoms with van der Waals surface area (Å²) in [5.41, 5.74) is 1.85. The van der Waals surface area contributed by atoms with Gasteiger partial charge in [0.25, 0.3) is 0 Å². The number of ether oxygens (including phenoxy) is 2. The molecule has 0 radical (unpaired) electrons. The molecule has 0 aromatic heterocycles. The van der Waals surface area contributed by atoms with E-state index in [1.165, 1.54) is 31.3 Å². The summed E-state index contributed by atoms with van der Waals surface area (Å²) in [4.78, 5) is 4.90. The Hall–Kier alpha value is -0.340. The molecule has 0 atom stereocenters. The number of hydrogen-bond acceptors (Lipinski definition) is 3. The summed E-state index contributed by atoms with van der Waals surface area (Å²) in [6, 6.07) is 0. The van der Waals surface area contributed by atoms with Gasteiger partial charge in [-0.25, -0.2) is 0 Å². The van der Waals surface area contributed by atoms with Gasteiger partial charge in [-0.1, -0.05) is 24.5 Å². The Morgan fingerprint density at radius 1 is 1.32 bits per heavy atom. The summed E-state index contributed by atoms with van der Waals surface area (Å²) in [6.07, 6.45) is 10.7. The van der Waals surface area contributed by atoms with Gasteiger partial charge in [0, 0.05) is 33.4 Å². The van der Waals surface area contributed by atoms with Gasteiger partial charge >= 0.3 is 0 Å². The van der Waals surface area contributed by atoms with Crippen molar-refractivity contribution in [3.63, 3.8) is 0 Å². The third kappa shape index (κ3) is 8.26. The van der Waals surface area contributed by atoms with Gasteiger partial charge in [-0.05, 0) is 44.4 Å². The molecule has 0 bridgehead atoms. The Kier molecular flexibility index (Phi) is 11.7. The van der Waals surface area contributed by atoms with E-state index in [9.17, 15) is 0 Å². The van der Waals surface area contributed by atoms with Gasteiger partial charge < -0.3 is 20.1 Å². The second kappa shape index (κ2) is 12.9. The number of guanidine groups is 1. The fourth-order valence-electron chi connectivity index (χ4n) is 3.65. The van der Waals surface area contributed by atoms with Crippen LogP contribution in [0.25, 0.3) is 0 Å². The average Bonchev–Trinajstić information content (AvgIpc) is 3.08. The minimum Gasteiger partial charge on any atom is -0.385 e. The maximum absolute atomic E-state index is 5.36. The molecule has 6 heteroatoms. The minimum absolute atomic E-state index is 0. The third-order valence-electron chi connectivity index (χ3n) is 5.21. The highest BCUT2D eigenvalue weighted by Crippen LogP contribution is 2.41. The van der Waals surface area contributed by atoms with E-state index in [0.29, 0.717) is 5.41 Å². The normalized spacial score (nSPS) is 19.9. The Morgan fingerprint density at radius 2 is 2.12 bits per heavy atom. The first-order valence-corrected chi connectivity index (χ1v) is 9.55. The topological polar surface area (TPSA) is 54.9 Å². The molecule has 1 fully saturated rings. The number of hydrogen-bond donors (Lipinski definition) is 2. The summed E-state index contributed by atoms with van der Waals surface area (Å²) < 4.78 is 10.7. The van der Waals surface area contributed by atoms with Crippen LogP contribution in [0.1, 0.15) is 51.9 Å². The Balaban J connectivity index is 0.00000312. The number of nitrogens with zero attached hydrogens (tertiary/aromatic N) is 1. The van der Waals surface area contributed by atoms with Gasteiger partial charge in [-0.3, -0.25) is 4.99 Å². The lowest BCUT2D eigenvalue weighted by atomic mass is 9.83. The first-order chi connectivity index (χ1) is 11.8. The molecule has 0 saturated heterocycles. The van der Waals surface area contributed by atoms with Crippen LogP contribution < -0.4 is 10.6 Å². The molecule has 1 aliphatic carbocycles. The van der Waals surface area contributed by atoms with Crippen molar-refractivity contribution in [2.75, 3.05) is 46.6 Å². The number of methoxy groups -OCH3 is 1. The van der Waals surface area contributed by atoms with Gasteiger partial charge in [-0.2, -0.15) is 0 Å². The van der Waals surface area contributed by atoms with Crippen molar-refractivity contribution in [1.29, 1.82) is 0 Å². The van der Waals surface area contributed by atoms with Crippen molar-refractivity contribution in [2.24, 2.45) is 10.4 Å².